The van der Waals surface area contributed by atoms with Gasteiger partial charge in [-0.15, -0.1) is 0 Å². The topological polar surface area (TPSA) is 92.4 Å². The van der Waals surface area contributed by atoms with E-state index < -0.39 is 0 Å². The lowest BCUT2D eigenvalue weighted by molar-refractivity contribution is 0.313. The highest BCUT2D eigenvalue weighted by Gasteiger charge is 2.20. The van der Waals surface area contributed by atoms with Crippen LogP contribution < -0.4 is 9.80 Å². The lowest BCUT2D eigenvalue weighted by Gasteiger charge is -2.34. The third-order valence-electron chi connectivity index (χ3n) is 7.26. The van der Waals surface area contributed by atoms with Crippen LogP contribution in [-0.4, -0.2) is 58.2 Å². The first kappa shape index (κ1) is 25.3. The average molecular weight is 528 g/mol. The number of hydrogen-bond donors (Lipinski definition) is 1. The Morgan fingerprint density at radius 1 is 0.875 bits per heavy atom. The Kier molecular flexibility index (Phi) is 6.96. The summed E-state index contributed by atoms with van der Waals surface area (Å²) >= 11 is 0. The molecule has 0 unspecified atom stereocenters. The fourth-order valence-electron chi connectivity index (χ4n) is 5.04. The van der Waals surface area contributed by atoms with E-state index in [0.717, 1.165) is 65.3 Å². The van der Waals surface area contributed by atoms with Gasteiger partial charge in [-0.1, -0.05) is 36.4 Å². The number of pyridine rings is 1. The predicted molar refractivity (Wildman–Crippen MR) is 158 cm³/mol. The van der Waals surface area contributed by atoms with E-state index in [4.69, 9.17) is 15.2 Å². The molecule has 0 atom stereocenters. The minimum atomic E-state index is 0.220. The van der Waals surface area contributed by atoms with Gasteiger partial charge in [-0.3, -0.25) is 9.88 Å². The molecule has 40 heavy (non-hydrogen) atoms. The number of benzene rings is 3. The summed E-state index contributed by atoms with van der Waals surface area (Å²) in [7, 11) is 2.15. The Morgan fingerprint density at radius 3 is 2.42 bits per heavy atom. The Balaban J connectivity index is 1.47. The van der Waals surface area contributed by atoms with Crippen molar-refractivity contribution in [1.82, 2.24) is 19.9 Å². The van der Waals surface area contributed by atoms with Crippen LogP contribution in [0.1, 0.15) is 5.69 Å². The van der Waals surface area contributed by atoms with Gasteiger partial charge in [-0.25, -0.2) is 9.97 Å². The number of piperazine rings is 1. The Bertz CT molecular complexity index is 1670. The number of nitriles is 1. The van der Waals surface area contributed by atoms with Crippen molar-refractivity contribution in [3.05, 3.63) is 97.0 Å². The maximum Gasteiger partial charge on any atom is 0.235 e. The van der Waals surface area contributed by atoms with Gasteiger partial charge >= 0.3 is 0 Å². The second-order valence-corrected chi connectivity index (χ2v) is 9.95. The molecule has 1 saturated heterocycles. The summed E-state index contributed by atoms with van der Waals surface area (Å²) in [4.78, 5) is 21.2. The molecule has 6 rings (SSSR count). The van der Waals surface area contributed by atoms with Crippen molar-refractivity contribution in [2.75, 3.05) is 43.0 Å². The molecule has 0 amide bonds. The molecule has 1 aliphatic heterocycles. The Hall–Kier alpha value is -5.00. The average Bonchev–Trinajstić information content (AvgIpc) is 2.99. The molecular formula is C32H29N7O. The smallest absolute Gasteiger partial charge is 0.235 e. The molecule has 1 aliphatic rings. The van der Waals surface area contributed by atoms with E-state index in [1.54, 1.807) is 18.3 Å². The van der Waals surface area contributed by atoms with Gasteiger partial charge in [0, 0.05) is 49.0 Å². The monoisotopic (exact) mass is 527 g/mol. The minimum Gasteiger partial charge on any atom is -0.508 e. The molecule has 5 aromatic rings. The van der Waals surface area contributed by atoms with Gasteiger partial charge in [-0.05, 0) is 55.1 Å². The predicted octanol–water partition coefficient (Wildman–Crippen LogP) is 5.69. The van der Waals surface area contributed by atoms with Gasteiger partial charge in [0.15, 0.2) is 0 Å². The molecule has 8 nitrogen and oxygen atoms in total. The van der Waals surface area contributed by atoms with E-state index in [-0.39, 0.29) is 12.2 Å². The molecule has 0 spiro atoms. The standard InChI is InChI=1S/C32H29N7O/c1-37-16-18-38(19-17-37)26-5-3-6-27(20-26)39(28-11-10-25(14-15-33)34-22-28)32-35-21-24-4-2-7-30(31(24)36-32)23-8-12-29(40)13-9-23/h2-13,20-22,40H,14,16-19H2,1H3. The van der Waals surface area contributed by atoms with Crippen LogP contribution in [0.15, 0.2) is 91.3 Å². The van der Waals surface area contributed by atoms with Crippen LogP contribution in [0.25, 0.3) is 22.0 Å². The van der Waals surface area contributed by atoms with Crippen molar-refractivity contribution >= 4 is 33.9 Å². The third-order valence-corrected chi connectivity index (χ3v) is 7.26. The largest absolute Gasteiger partial charge is 0.508 e. The number of likely N-dealkylation sites (N-methyl/N-ethyl adjacent to an activating group) is 1. The maximum atomic E-state index is 9.81. The van der Waals surface area contributed by atoms with Crippen molar-refractivity contribution in [3.63, 3.8) is 0 Å². The zero-order valence-electron chi connectivity index (χ0n) is 22.3. The fourth-order valence-corrected chi connectivity index (χ4v) is 5.04. The van der Waals surface area contributed by atoms with Gasteiger partial charge in [0.1, 0.15) is 5.75 Å². The number of fused-ring (bicyclic) bond motifs is 1. The zero-order valence-corrected chi connectivity index (χ0v) is 22.3. The summed E-state index contributed by atoms with van der Waals surface area (Å²) in [5.74, 6) is 0.738. The molecule has 0 saturated carbocycles. The number of aromatic hydroxyl groups is 1. The Morgan fingerprint density at radius 2 is 1.68 bits per heavy atom. The molecule has 3 heterocycles. The number of rotatable bonds is 6. The van der Waals surface area contributed by atoms with Gasteiger partial charge in [-0.2, -0.15) is 5.26 Å². The molecule has 0 aliphatic carbocycles. The summed E-state index contributed by atoms with van der Waals surface area (Å²) in [6, 6.07) is 27.6. The molecule has 1 fully saturated rings. The first-order valence-electron chi connectivity index (χ1n) is 13.3. The van der Waals surface area contributed by atoms with Crippen molar-refractivity contribution in [2.45, 2.75) is 6.42 Å². The second kappa shape index (κ2) is 11.0. The third kappa shape index (κ3) is 5.15. The van der Waals surface area contributed by atoms with Crippen molar-refractivity contribution in [1.29, 1.82) is 5.26 Å². The SMILES string of the molecule is CN1CCN(c2cccc(N(c3ccc(CC#N)nc3)c3ncc4cccc(-c5ccc(O)cc5)c4n3)c2)CC1. The molecule has 1 N–H and O–H groups in total. The van der Waals surface area contributed by atoms with Crippen LogP contribution in [-0.2, 0) is 6.42 Å². The zero-order chi connectivity index (χ0) is 27.5. The van der Waals surface area contributed by atoms with Gasteiger partial charge in [0.25, 0.3) is 0 Å². The van der Waals surface area contributed by atoms with Crippen molar-refractivity contribution < 1.29 is 5.11 Å². The molecular weight excluding hydrogens is 498 g/mol. The van der Waals surface area contributed by atoms with E-state index >= 15 is 0 Å². The van der Waals surface area contributed by atoms with E-state index in [1.807, 2.05) is 53.6 Å². The molecule has 198 valence electrons. The summed E-state index contributed by atoms with van der Waals surface area (Å²) in [5, 5.41) is 19.8. The number of para-hydroxylation sites is 1. The normalized spacial score (nSPS) is 13.8. The lowest BCUT2D eigenvalue weighted by atomic mass is 10.0. The van der Waals surface area contributed by atoms with Crippen LogP contribution in [0.4, 0.5) is 23.0 Å². The van der Waals surface area contributed by atoms with Gasteiger partial charge in [0.05, 0.1) is 41.3 Å². The molecule has 0 bridgehead atoms. The van der Waals surface area contributed by atoms with Gasteiger partial charge in [0.2, 0.25) is 5.95 Å². The molecule has 8 heteroatoms. The number of anilines is 4. The summed E-state index contributed by atoms with van der Waals surface area (Å²) in [6.07, 6.45) is 3.87. The minimum absolute atomic E-state index is 0.220. The molecule has 3 aromatic carbocycles. The number of phenolic OH excluding ortho intramolecular Hbond substituents is 1. The summed E-state index contributed by atoms with van der Waals surface area (Å²) in [5.41, 5.74) is 6.31. The molecule has 2 aromatic heterocycles. The van der Waals surface area contributed by atoms with E-state index in [0.29, 0.717) is 11.6 Å². The van der Waals surface area contributed by atoms with Crippen LogP contribution in [0.3, 0.4) is 0 Å². The summed E-state index contributed by atoms with van der Waals surface area (Å²) in [6.45, 7) is 3.97. The second-order valence-electron chi connectivity index (χ2n) is 9.95. The fraction of sp³-hybridized carbons (Fsp3) is 0.188. The van der Waals surface area contributed by atoms with Crippen LogP contribution in [0, 0.1) is 11.3 Å². The number of nitrogens with zero attached hydrogens (tertiary/aromatic N) is 7. The molecule has 0 radical (unpaired) electrons. The number of aromatic nitrogens is 3. The first-order valence-corrected chi connectivity index (χ1v) is 13.3. The summed E-state index contributed by atoms with van der Waals surface area (Å²) < 4.78 is 0. The highest BCUT2D eigenvalue weighted by molar-refractivity contribution is 5.94. The maximum absolute atomic E-state index is 9.81. The highest BCUT2D eigenvalue weighted by atomic mass is 16.3. The van der Waals surface area contributed by atoms with Crippen LogP contribution in [0.5, 0.6) is 5.75 Å². The Labute approximate surface area is 233 Å². The van der Waals surface area contributed by atoms with E-state index in [1.165, 1.54) is 0 Å². The van der Waals surface area contributed by atoms with E-state index in [2.05, 4.69) is 52.2 Å². The van der Waals surface area contributed by atoms with Gasteiger partial charge < -0.3 is 14.9 Å². The number of phenols is 1. The van der Waals surface area contributed by atoms with Crippen LogP contribution in [0.2, 0.25) is 0 Å². The van der Waals surface area contributed by atoms with E-state index in [9.17, 15) is 5.11 Å². The number of hydrogen-bond acceptors (Lipinski definition) is 8. The first-order chi connectivity index (χ1) is 19.6. The van der Waals surface area contributed by atoms with Crippen LogP contribution >= 0.6 is 0 Å². The highest BCUT2D eigenvalue weighted by Crippen LogP contribution is 2.36. The van der Waals surface area contributed by atoms with Crippen molar-refractivity contribution in [3.8, 4) is 22.9 Å². The lowest BCUT2D eigenvalue weighted by Crippen LogP contribution is -2.44. The van der Waals surface area contributed by atoms with Crippen molar-refractivity contribution in [2.24, 2.45) is 0 Å². The quantitative estimate of drug-likeness (QED) is 0.301.